The molecule has 0 unspecified atom stereocenters. The summed E-state index contributed by atoms with van der Waals surface area (Å²) in [5.74, 6) is 1.18. The molecule has 0 saturated heterocycles. The molecule has 0 bridgehead atoms. The van der Waals surface area contributed by atoms with E-state index in [1.807, 2.05) is 5.38 Å². The van der Waals surface area contributed by atoms with Crippen LogP contribution in [0, 0.1) is 0 Å². The lowest BCUT2D eigenvalue weighted by Gasteiger charge is -2.23. The minimum absolute atomic E-state index is 0.0739. The van der Waals surface area contributed by atoms with Crippen LogP contribution in [0.2, 0.25) is 0 Å². The predicted octanol–water partition coefficient (Wildman–Crippen LogP) is 2.58. The number of hydrogen-bond donors (Lipinski definition) is 1. The quantitative estimate of drug-likeness (QED) is 0.783. The van der Waals surface area contributed by atoms with Crippen molar-refractivity contribution in [2.75, 3.05) is 0 Å². The molecular formula is C14H12N4OS. The lowest BCUT2D eigenvalue weighted by Crippen LogP contribution is -2.28. The van der Waals surface area contributed by atoms with Gasteiger partial charge in [-0.05, 0) is 17.5 Å². The van der Waals surface area contributed by atoms with Gasteiger partial charge in [-0.25, -0.2) is 4.98 Å². The van der Waals surface area contributed by atoms with Crippen LogP contribution in [0.3, 0.4) is 0 Å². The molecule has 2 aromatic heterocycles. The number of thiazole rings is 1. The van der Waals surface area contributed by atoms with Crippen LogP contribution < -0.4 is 5.32 Å². The normalized spacial score (nSPS) is 17.9. The molecule has 1 aliphatic rings. The first kappa shape index (κ1) is 11.7. The highest BCUT2D eigenvalue weighted by molar-refractivity contribution is 7.07. The molecule has 6 heteroatoms. The van der Waals surface area contributed by atoms with E-state index in [-0.39, 0.29) is 6.04 Å². The lowest BCUT2D eigenvalue weighted by molar-refractivity contribution is 0.321. The Morgan fingerprint density at radius 3 is 3.00 bits per heavy atom. The highest BCUT2D eigenvalue weighted by atomic mass is 32.1. The Morgan fingerprint density at radius 2 is 2.15 bits per heavy atom. The molecule has 1 atom stereocenters. The summed E-state index contributed by atoms with van der Waals surface area (Å²) >= 11 is 1.52. The maximum absolute atomic E-state index is 5.38. The maximum Gasteiger partial charge on any atom is 0.244 e. The van der Waals surface area contributed by atoms with Crippen molar-refractivity contribution in [3.05, 3.63) is 52.2 Å². The fraction of sp³-hybridized carbons (Fsp3) is 0.214. The van der Waals surface area contributed by atoms with Gasteiger partial charge in [-0.15, -0.1) is 11.3 Å². The molecule has 0 fully saturated rings. The van der Waals surface area contributed by atoms with E-state index < -0.39 is 0 Å². The summed E-state index contributed by atoms with van der Waals surface area (Å²) in [6.07, 6.45) is 0.870. The van der Waals surface area contributed by atoms with Gasteiger partial charge in [0.2, 0.25) is 11.7 Å². The number of nitrogens with one attached hydrogen (secondary N) is 1. The second-order valence-electron chi connectivity index (χ2n) is 4.74. The zero-order valence-corrected chi connectivity index (χ0v) is 11.4. The molecule has 1 aliphatic heterocycles. The van der Waals surface area contributed by atoms with Crippen molar-refractivity contribution < 1.29 is 4.52 Å². The van der Waals surface area contributed by atoms with E-state index in [9.17, 15) is 0 Å². The Morgan fingerprint density at radius 1 is 1.25 bits per heavy atom. The van der Waals surface area contributed by atoms with Gasteiger partial charge in [0.25, 0.3) is 0 Å². The first-order valence-electron chi connectivity index (χ1n) is 6.42. The van der Waals surface area contributed by atoms with Gasteiger partial charge in [0.05, 0.1) is 11.6 Å². The van der Waals surface area contributed by atoms with Crippen LogP contribution in [0.5, 0.6) is 0 Å². The van der Waals surface area contributed by atoms with Gasteiger partial charge in [0.15, 0.2) is 0 Å². The zero-order valence-electron chi connectivity index (χ0n) is 10.6. The standard InChI is InChI=1S/C14H12N4OS/c1-2-4-10-6-15-11(5-9(10)3-1)14-17-13(18-19-14)12-7-20-8-16-12/h1-4,7-8,11,15H,5-6H2/t11-/m0/s1. The molecule has 0 saturated carbocycles. The molecule has 5 nitrogen and oxygen atoms in total. The monoisotopic (exact) mass is 284 g/mol. The fourth-order valence-electron chi connectivity index (χ4n) is 2.43. The summed E-state index contributed by atoms with van der Waals surface area (Å²) in [6.45, 7) is 0.829. The summed E-state index contributed by atoms with van der Waals surface area (Å²) in [7, 11) is 0. The number of fused-ring (bicyclic) bond motifs is 1. The highest BCUT2D eigenvalue weighted by Crippen LogP contribution is 2.26. The molecule has 0 aliphatic carbocycles. The Balaban J connectivity index is 1.60. The van der Waals surface area contributed by atoms with Crippen molar-refractivity contribution in [1.82, 2.24) is 20.4 Å². The van der Waals surface area contributed by atoms with Crippen molar-refractivity contribution in [3.63, 3.8) is 0 Å². The maximum atomic E-state index is 5.38. The minimum Gasteiger partial charge on any atom is -0.337 e. The van der Waals surface area contributed by atoms with Crippen molar-refractivity contribution in [2.24, 2.45) is 0 Å². The van der Waals surface area contributed by atoms with E-state index in [1.54, 1.807) is 5.51 Å². The van der Waals surface area contributed by atoms with Gasteiger partial charge < -0.3 is 9.84 Å². The smallest absolute Gasteiger partial charge is 0.244 e. The number of aromatic nitrogens is 3. The molecule has 4 rings (SSSR count). The first-order chi connectivity index (χ1) is 9.90. The zero-order chi connectivity index (χ0) is 13.4. The molecular weight excluding hydrogens is 272 g/mol. The lowest BCUT2D eigenvalue weighted by atomic mass is 9.96. The Hall–Kier alpha value is -2.05. The Labute approximate surface area is 119 Å². The van der Waals surface area contributed by atoms with Crippen LogP contribution in [0.25, 0.3) is 11.5 Å². The molecule has 1 aromatic carbocycles. The summed E-state index contributed by atoms with van der Waals surface area (Å²) in [5.41, 5.74) is 5.20. The number of benzene rings is 1. The van der Waals surface area contributed by atoms with E-state index in [0.29, 0.717) is 11.7 Å². The van der Waals surface area contributed by atoms with Crippen LogP contribution in [0.15, 0.2) is 39.7 Å². The Bertz CT molecular complexity index is 722. The average molecular weight is 284 g/mol. The molecule has 0 spiro atoms. The third kappa shape index (κ3) is 2.03. The van der Waals surface area contributed by atoms with Gasteiger partial charge >= 0.3 is 0 Å². The molecule has 3 heterocycles. The minimum atomic E-state index is 0.0739. The predicted molar refractivity (Wildman–Crippen MR) is 75.1 cm³/mol. The second kappa shape index (κ2) is 4.81. The Kier molecular flexibility index (Phi) is 2.82. The van der Waals surface area contributed by atoms with Crippen molar-refractivity contribution in [2.45, 2.75) is 19.0 Å². The second-order valence-corrected chi connectivity index (χ2v) is 5.45. The fourth-order valence-corrected chi connectivity index (χ4v) is 2.96. The van der Waals surface area contributed by atoms with Crippen LogP contribution in [-0.4, -0.2) is 15.1 Å². The van der Waals surface area contributed by atoms with Gasteiger partial charge in [-0.3, -0.25) is 0 Å². The van der Waals surface area contributed by atoms with Gasteiger partial charge in [0.1, 0.15) is 5.69 Å². The largest absolute Gasteiger partial charge is 0.337 e. The third-order valence-electron chi connectivity index (χ3n) is 3.48. The molecule has 1 N–H and O–H groups in total. The van der Waals surface area contributed by atoms with E-state index in [1.165, 1.54) is 22.5 Å². The van der Waals surface area contributed by atoms with Crippen molar-refractivity contribution >= 4 is 11.3 Å². The topological polar surface area (TPSA) is 63.8 Å². The number of hydrogen-bond acceptors (Lipinski definition) is 6. The molecule has 3 aromatic rings. The average Bonchev–Trinajstić information content (AvgIpc) is 3.17. The summed E-state index contributed by atoms with van der Waals surface area (Å²) in [6, 6.07) is 8.50. The molecule has 20 heavy (non-hydrogen) atoms. The van der Waals surface area contributed by atoms with Crippen LogP contribution in [-0.2, 0) is 13.0 Å². The van der Waals surface area contributed by atoms with Crippen molar-refractivity contribution in [1.29, 1.82) is 0 Å². The summed E-state index contributed by atoms with van der Waals surface area (Å²) in [5, 5.41) is 9.36. The molecule has 0 amide bonds. The van der Waals surface area contributed by atoms with E-state index in [4.69, 9.17) is 4.52 Å². The van der Waals surface area contributed by atoms with Crippen molar-refractivity contribution in [3.8, 4) is 11.5 Å². The number of nitrogens with zero attached hydrogens (tertiary/aromatic N) is 3. The molecule has 0 radical (unpaired) electrons. The van der Waals surface area contributed by atoms with Gasteiger partial charge in [0, 0.05) is 11.9 Å². The van der Waals surface area contributed by atoms with Gasteiger partial charge in [-0.2, -0.15) is 4.98 Å². The number of rotatable bonds is 2. The van der Waals surface area contributed by atoms with Gasteiger partial charge in [-0.1, -0.05) is 29.4 Å². The van der Waals surface area contributed by atoms with E-state index in [2.05, 4.69) is 44.7 Å². The van der Waals surface area contributed by atoms with Crippen LogP contribution in [0.4, 0.5) is 0 Å². The highest BCUT2D eigenvalue weighted by Gasteiger charge is 2.24. The van der Waals surface area contributed by atoms with Crippen LogP contribution >= 0.6 is 11.3 Å². The first-order valence-corrected chi connectivity index (χ1v) is 7.37. The SMILES string of the molecule is c1ccc2c(c1)CN[C@H](c1nc(-c3cscn3)no1)C2. The molecule has 100 valence electrons. The van der Waals surface area contributed by atoms with Crippen LogP contribution in [0.1, 0.15) is 23.1 Å². The summed E-state index contributed by atoms with van der Waals surface area (Å²) in [4.78, 5) is 8.65. The van der Waals surface area contributed by atoms with E-state index in [0.717, 1.165) is 18.7 Å². The summed E-state index contributed by atoms with van der Waals surface area (Å²) < 4.78 is 5.38. The van der Waals surface area contributed by atoms with E-state index >= 15 is 0 Å². The third-order valence-corrected chi connectivity index (χ3v) is 4.07.